The number of halogens is 1. The van der Waals surface area contributed by atoms with Crippen LogP contribution < -0.4 is 5.32 Å². The Labute approximate surface area is 122 Å². The highest BCUT2D eigenvalue weighted by Crippen LogP contribution is 2.18. The van der Waals surface area contributed by atoms with E-state index in [1.165, 1.54) is 19.1 Å². The monoisotopic (exact) mass is 288 g/mol. The van der Waals surface area contributed by atoms with Crippen LogP contribution in [-0.4, -0.2) is 16.7 Å². The lowest BCUT2D eigenvalue weighted by Gasteiger charge is -2.05. The maximum Gasteiger partial charge on any atom is 0.268 e. The van der Waals surface area contributed by atoms with Gasteiger partial charge in [0.05, 0.1) is 0 Å². The van der Waals surface area contributed by atoms with Crippen molar-refractivity contribution in [1.82, 2.24) is 10.3 Å². The van der Waals surface area contributed by atoms with Crippen molar-refractivity contribution in [1.29, 1.82) is 0 Å². The zero-order valence-corrected chi connectivity index (χ0v) is 12.2. The Hall–Kier alpha value is -2.43. The Morgan fingerprint density at radius 3 is 2.57 bits per heavy atom. The van der Waals surface area contributed by atoms with Crippen LogP contribution in [0.4, 0.5) is 4.39 Å². The number of aromatic nitrogens is 1. The molecule has 0 aliphatic carbocycles. The number of carbonyl (C=O) groups excluding carboxylic acids is 2. The number of rotatable bonds is 4. The van der Waals surface area contributed by atoms with Crippen molar-refractivity contribution in [3.8, 4) is 0 Å². The van der Waals surface area contributed by atoms with E-state index >= 15 is 0 Å². The molecular weight excluding hydrogens is 271 g/mol. The third-order valence-corrected chi connectivity index (χ3v) is 3.36. The van der Waals surface area contributed by atoms with Gasteiger partial charge in [-0.05, 0) is 44.0 Å². The van der Waals surface area contributed by atoms with Crippen molar-refractivity contribution >= 4 is 11.7 Å². The van der Waals surface area contributed by atoms with Gasteiger partial charge in [0.1, 0.15) is 11.5 Å². The van der Waals surface area contributed by atoms with E-state index < -0.39 is 0 Å². The molecule has 0 radical (unpaired) electrons. The molecule has 1 heterocycles. The standard InChI is InChI=1S/C16H17FN2O2/c1-9-14(11(3)20)10(2)19-15(9)16(21)18-8-12-5-4-6-13(17)7-12/h4-7,19H,8H2,1-3H3,(H,18,21). The van der Waals surface area contributed by atoms with Gasteiger partial charge in [0.2, 0.25) is 0 Å². The Morgan fingerprint density at radius 1 is 1.29 bits per heavy atom. The molecule has 0 bridgehead atoms. The predicted octanol–water partition coefficient (Wildman–Crippen LogP) is 2.90. The number of aromatic amines is 1. The van der Waals surface area contributed by atoms with Gasteiger partial charge in [-0.25, -0.2) is 4.39 Å². The number of hydrogen-bond donors (Lipinski definition) is 2. The lowest BCUT2D eigenvalue weighted by atomic mass is 10.1. The summed E-state index contributed by atoms with van der Waals surface area (Å²) in [6.45, 7) is 5.19. The van der Waals surface area contributed by atoms with E-state index in [0.717, 1.165) is 0 Å². The Morgan fingerprint density at radius 2 is 2.00 bits per heavy atom. The molecule has 0 unspecified atom stereocenters. The number of amides is 1. The molecule has 21 heavy (non-hydrogen) atoms. The summed E-state index contributed by atoms with van der Waals surface area (Å²) in [4.78, 5) is 26.6. The molecule has 0 aliphatic heterocycles. The summed E-state index contributed by atoms with van der Waals surface area (Å²) < 4.78 is 13.1. The fraction of sp³-hybridized carbons (Fsp3) is 0.250. The van der Waals surface area contributed by atoms with Crippen LogP contribution in [-0.2, 0) is 6.54 Å². The molecule has 0 saturated heterocycles. The Bertz CT molecular complexity index is 704. The number of Topliss-reactive ketones (excluding diaryl/α,β-unsaturated/α-hetero) is 1. The van der Waals surface area contributed by atoms with E-state index in [9.17, 15) is 14.0 Å². The number of nitrogens with one attached hydrogen (secondary N) is 2. The summed E-state index contributed by atoms with van der Waals surface area (Å²) in [5.74, 6) is -0.731. The fourth-order valence-electron chi connectivity index (χ4n) is 2.42. The first-order valence-corrected chi connectivity index (χ1v) is 6.63. The van der Waals surface area contributed by atoms with Gasteiger partial charge < -0.3 is 10.3 Å². The number of carbonyl (C=O) groups is 2. The molecule has 1 amide bonds. The number of benzene rings is 1. The summed E-state index contributed by atoms with van der Waals surface area (Å²) in [5.41, 5.74) is 2.91. The van der Waals surface area contributed by atoms with Crippen molar-refractivity contribution < 1.29 is 14.0 Å². The third kappa shape index (κ3) is 3.18. The van der Waals surface area contributed by atoms with Gasteiger partial charge in [0.25, 0.3) is 5.91 Å². The highest BCUT2D eigenvalue weighted by Gasteiger charge is 2.19. The molecule has 0 spiro atoms. The van der Waals surface area contributed by atoms with Crippen LogP contribution in [0.2, 0.25) is 0 Å². The van der Waals surface area contributed by atoms with Gasteiger partial charge >= 0.3 is 0 Å². The van der Waals surface area contributed by atoms with Gasteiger partial charge in [-0.3, -0.25) is 9.59 Å². The highest BCUT2D eigenvalue weighted by molar-refractivity contribution is 6.02. The van der Waals surface area contributed by atoms with E-state index in [4.69, 9.17) is 0 Å². The molecular formula is C16H17FN2O2. The van der Waals surface area contributed by atoms with E-state index in [1.807, 2.05) is 0 Å². The molecule has 5 heteroatoms. The average Bonchev–Trinajstić information content (AvgIpc) is 2.71. The third-order valence-electron chi connectivity index (χ3n) is 3.36. The molecule has 2 rings (SSSR count). The van der Waals surface area contributed by atoms with Crippen LogP contribution >= 0.6 is 0 Å². The first kappa shape index (κ1) is 15.0. The molecule has 2 aromatic rings. The number of hydrogen-bond acceptors (Lipinski definition) is 2. The number of ketones is 1. The molecule has 1 aromatic heterocycles. The normalized spacial score (nSPS) is 10.5. The smallest absolute Gasteiger partial charge is 0.268 e. The van der Waals surface area contributed by atoms with Crippen molar-refractivity contribution in [3.05, 3.63) is 58.2 Å². The van der Waals surface area contributed by atoms with Crippen LogP contribution in [0.25, 0.3) is 0 Å². The molecule has 0 fully saturated rings. The minimum atomic E-state index is -0.340. The quantitative estimate of drug-likeness (QED) is 0.850. The largest absolute Gasteiger partial charge is 0.354 e. The summed E-state index contributed by atoms with van der Waals surface area (Å²) in [6, 6.07) is 6.04. The fourth-order valence-corrected chi connectivity index (χ4v) is 2.42. The number of H-pyrrole nitrogens is 1. The van der Waals surface area contributed by atoms with Crippen LogP contribution in [0, 0.1) is 19.7 Å². The van der Waals surface area contributed by atoms with Crippen LogP contribution in [0.15, 0.2) is 24.3 Å². The van der Waals surface area contributed by atoms with Crippen molar-refractivity contribution in [2.24, 2.45) is 0 Å². The minimum absolute atomic E-state index is 0.0783. The molecule has 1 aromatic carbocycles. The second-order valence-electron chi connectivity index (χ2n) is 4.99. The summed E-state index contributed by atoms with van der Waals surface area (Å²) in [6.07, 6.45) is 0. The van der Waals surface area contributed by atoms with Gasteiger partial charge in [-0.1, -0.05) is 12.1 Å². The van der Waals surface area contributed by atoms with E-state index in [-0.39, 0.29) is 24.1 Å². The zero-order valence-electron chi connectivity index (χ0n) is 12.2. The topological polar surface area (TPSA) is 62.0 Å². The zero-order chi connectivity index (χ0) is 15.6. The second-order valence-corrected chi connectivity index (χ2v) is 4.99. The summed E-state index contributed by atoms with van der Waals surface area (Å²) in [5, 5.41) is 2.71. The van der Waals surface area contributed by atoms with Crippen molar-refractivity contribution in [2.45, 2.75) is 27.3 Å². The summed E-state index contributed by atoms with van der Waals surface area (Å²) >= 11 is 0. The lowest BCUT2D eigenvalue weighted by Crippen LogP contribution is -2.24. The predicted molar refractivity (Wildman–Crippen MR) is 77.8 cm³/mol. The van der Waals surface area contributed by atoms with Crippen LogP contribution in [0.1, 0.15) is 44.6 Å². The first-order chi connectivity index (χ1) is 9.90. The van der Waals surface area contributed by atoms with Gasteiger partial charge in [-0.15, -0.1) is 0 Å². The average molecular weight is 288 g/mol. The molecule has 0 atom stereocenters. The van der Waals surface area contributed by atoms with Crippen molar-refractivity contribution in [3.63, 3.8) is 0 Å². The second kappa shape index (κ2) is 5.91. The first-order valence-electron chi connectivity index (χ1n) is 6.63. The lowest BCUT2D eigenvalue weighted by molar-refractivity contribution is 0.0945. The molecule has 4 nitrogen and oxygen atoms in total. The maximum absolute atomic E-state index is 13.1. The molecule has 110 valence electrons. The molecule has 0 saturated carbocycles. The number of aryl methyl sites for hydroxylation is 1. The SMILES string of the molecule is CC(=O)c1c(C)[nH]c(C(=O)NCc2cccc(F)c2)c1C. The molecule has 2 N–H and O–H groups in total. The molecule has 0 aliphatic rings. The van der Waals surface area contributed by atoms with Crippen molar-refractivity contribution in [2.75, 3.05) is 0 Å². The van der Waals surface area contributed by atoms with Gasteiger partial charge in [0.15, 0.2) is 5.78 Å². The van der Waals surface area contributed by atoms with Gasteiger partial charge in [-0.2, -0.15) is 0 Å². The highest BCUT2D eigenvalue weighted by atomic mass is 19.1. The van der Waals surface area contributed by atoms with E-state index in [0.29, 0.717) is 28.1 Å². The Balaban J connectivity index is 2.14. The van der Waals surface area contributed by atoms with Crippen LogP contribution in [0.3, 0.4) is 0 Å². The summed E-state index contributed by atoms with van der Waals surface area (Å²) in [7, 11) is 0. The Kier molecular flexibility index (Phi) is 4.21. The van der Waals surface area contributed by atoms with E-state index in [1.54, 1.807) is 26.0 Å². The maximum atomic E-state index is 13.1. The van der Waals surface area contributed by atoms with E-state index in [2.05, 4.69) is 10.3 Å². The minimum Gasteiger partial charge on any atom is -0.354 e. The van der Waals surface area contributed by atoms with Crippen LogP contribution in [0.5, 0.6) is 0 Å². The van der Waals surface area contributed by atoms with Gasteiger partial charge in [0, 0.05) is 17.8 Å².